The standard InChI is InChI=1S/C19H21FN4O2/c1-2-23-9-11-24(12-10-23)19(26)14-7-8-21-17(13-14)18(25)22-16-6-4-3-5-15(16)20/h3-8,13H,2,9-12H2,1H3,(H,22,25). The van der Waals surface area contributed by atoms with Gasteiger partial charge in [0.1, 0.15) is 11.5 Å². The highest BCUT2D eigenvalue weighted by molar-refractivity contribution is 6.04. The molecule has 1 aromatic heterocycles. The normalized spacial score (nSPS) is 14.9. The molecule has 2 amide bonds. The number of likely N-dealkylation sites (N-methyl/N-ethyl adjacent to an activating group) is 1. The second-order valence-corrected chi connectivity index (χ2v) is 6.09. The molecule has 0 bridgehead atoms. The summed E-state index contributed by atoms with van der Waals surface area (Å²) in [5.41, 5.74) is 0.557. The molecule has 0 atom stereocenters. The molecule has 0 spiro atoms. The van der Waals surface area contributed by atoms with Crippen LogP contribution in [0.3, 0.4) is 0 Å². The van der Waals surface area contributed by atoms with Gasteiger partial charge in [-0.15, -0.1) is 0 Å². The largest absolute Gasteiger partial charge is 0.336 e. The Balaban J connectivity index is 1.71. The van der Waals surface area contributed by atoms with Gasteiger partial charge in [0.2, 0.25) is 0 Å². The van der Waals surface area contributed by atoms with Crippen LogP contribution >= 0.6 is 0 Å². The molecule has 1 saturated heterocycles. The zero-order chi connectivity index (χ0) is 18.5. The summed E-state index contributed by atoms with van der Waals surface area (Å²) in [7, 11) is 0. The second-order valence-electron chi connectivity index (χ2n) is 6.09. The number of pyridine rings is 1. The molecular formula is C19H21FN4O2. The van der Waals surface area contributed by atoms with E-state index in [1.54, 1.807) is 23.1 Å². The van der Waals surface area contributed by atoms with Crippen LogP contribution in [-0.4, -0.2) is 59.3 Å². The third-order valence-electron chi connectivity index (χ3n) is 4.47. The van der Waals surface area contributed by atoms with Gasteiger partial charge in [0.25, 0.3) is 11.8 Å². The van der Waals surface area contributed by atoms with E-state index >= 15 is 0 Å². The minimum Gasteiger partial charge on any atom is -0.336 e. The van der Waals surface area contributed by atoms with Gasteiger partial charge in [-0.25, -0.2) is 4.39 Å². The first-order valence-electron chi connectivity index (χ1n) is 8.62. The molecule has 6 nitrogen and oxygen atoms in total. The predicted molar refractivity (Wildman–Crippen MR) is 96.6 cm³/mol. The van der Waals surface area contributed by atoms with Crippen molar-refractivity contribution in [2.24, 2.45) is 0 Å². The molecule has 136 valence electrons. The molecule has 0 unspecified atom stereocenters. The third-order valence-corrected chi connectivity index (χ3v) is 4.47. The summed E-state index contributed by atoms with van der Waals surface area (Å²) in [6, 6.07) is 8.94. The molecule has 1 fully saturated rings. The van der Waals surface area contributed by atoms with Gasteiger partial charge in [0.05, 0.1) is 5.69 Å². The van der Waals surface area contributed by atoms with Crippen molar-refractivity contribution in [3.05, 3.63) is 59.7 Å². The maximum atomic E-state index is 13.7. The monoisotopic (exact) mass is 356 g/mol. The Bertz CT molecular complexity index is 804. The molecular weight excluding hydrogens is 335 g/mol. The number of halogens is 1. The smallest absolute Gasteiger partial charge is 0.274 e. The van der Waals surface area contributed by atoms with Crippen LogP contribution in [0.25, 0.3) is 0 Å². The van der Waals surface area contributed by atoms with E-state index < -0.39 is 11.7 Å². The Morgan fingerprint density at radius 1 is 1.15 bits per heavy atom. The average molecular weight is 356 g/mol. The lowest BCUT2D eigenvalue weighted by Crippen LogP contribution is -2.48. The highest BCUT2D eigenvalue weighted by Gasteiger charge is 2.22. The average Bonchev–Trinajstić information content (AvgIpc) is 2.69. The maximum absolute atomic E-state index is 13.7. The van der Waals surface area contributed by atoms with Gasteiger partial charge >= 0.3 is 0 Å². The van der Waals surface area contributed by atoms with Crippen LogP contribution in [-0.2, 0) is 0 Å². The maximum Gasteiger partial charge on any atom is 0.274 e. The summed E-state index contributed by atoms with van der Waals surface area (Å²) < 4.78 is 13.7. The molecule has 26 heavy (non-hydrogen) atoms. The number of nitrogens with one attached hydrogen (secondary N) is 1. The number of carbonyl (C=O) groups excluding carboxylic acids is 2. The van der Waals surface area contributed by atoms with Crippen molar-refractivity contribution < 1.29 is 14.0 Å². The van der Waals surface area contributed by atoms with E-state index in [0.29, 0.717) is 18.7 Å². The van der Waals surface area contributed by atoms with Crippen LogP contribution in [0.2, 0.25) is 0 Å². The van der Waals surface area contributed by atoms with Gasteiger partial charge in [-0.2, -0.15) is 0 Å². The number of rotatable bonds is 4. The van der Waals surface area contributed by atoms with Gasteiger partial charge in [0, 0.05) is 37.9 Å². The van der Waals surface area contributed by atoms with Crippen molar-refractivity contribution in [3.63, 3.8) is 0 Å². The molecule has 2 heterocycles. The Kier molecular flexibility index (Phi) is 5.58. The van der Waals surface area contributed by atoms with Gasteiger partial charge in [0.15, 0.2) is 0 Å². The Labute approximate surface area is 151 Å². The first kappa shape index (κ1) is 18.0. The number of amides is 2. The highest BCUT2D eigenvalue weighted by Crippen LogP contribution is 2.15. The SMILES string of the molecule is CCN1CCN(C(=O)c2ccnc(C(=O)Nc3ccccc3F)c2)CC1. The number of carbonyl (C=O) groups is 2. The summed E-state index contributed by atoms with van der Waals surface area (Å²) in [4.78, 5) is 33.1. The van der Waals surface area contributed by atoms with E-state index in [-0.39, 0.29) is 17.3 Å². The molecule has 0 aliphatic carbocycles. The minimum absolute atomic E-state index is 0.0753. The number of aromatic nitrogens is 1. The molecule has 0 saturated carbocycles. The van der Waals surface area contributed by atoms with Crippen molar-refractivity contribution in [2.75, 3.05) is 38.0 Å². The fourth-order valence-corrected chi connectivity index (χ4v) is 2.89. The lowest BCUT2D eigenvalue weighted by Gasteiger charge is -2.34. The summed E-state index contributed by atoms with van der Waals surface area (Å²) in [6.07, 6.45) is 1.42. The van der Waals surface area contributed by atoms with Gasteiger partial charge in [-0.3, -0.25) is 14.6 Å². The summed E-state index contributed by atoms with van der Waals surface area (Å²) in [5.74, 6) is -1.20. The van der Waals surface area contributed by atoms with Gasteiger partial charge in [-0.1, -0.05) is 19.1 Å². The van der Waals surface area contributed by atoms with Crippen LogP contribution in [0.5, 0.6) is 0 Å². The van der Waals surface area contributed by atoms with E-state index in [2.05, 4.69) is 22.1 Å². The Morgan fingerprint density at radius 3 is 2.58 bits per heavy atom. The molecule has 1 N–H and O–H groups in total. The molecule has 1 aliphatic rings. The lowest BCUT2D eigenvalue weighted by molar-refractivity contribution is 0.0643. The van der Waals surface area contributed by atoms with Crippen LogP contribution < -0.4 is 5.32 Å². The van der Waals surface area contributed by atoms with Crippen molar-refractivity contribution in [2.45, 2.75) is 6.92 Å². The van der Waals surface area contributed by atoms with E-state index in [1.807, 2.05) is 0 Å². The lowest BCUT2D eigenvalue weighted by atomic mass is 10.1. The summed E-state index contributed by atoms with van der Waals surface area (Å²) >= 11 is 0. The van der Waals surface area contributed by atoms with Crippen molar-refractivity contribution >= 4 is 17.5 Å². The number of hydrogen-bond donors (Lipinski definition) is 1. The van der Waals surface area contributed by atoms with Gasteiger partial charge < -0.3 is 15.1 Å². The number of piperazine rings is 1. The van der Waals surface area contributed by atoms with Crippen LogP contribution in [0, 0.1) is 5.82 Å². The fourth-order valence-electron chi connectivity index (χ4n) is 2.89. The van der Waals surface area contributed by atoms with E-state index in [9.17, 15) is 14.0 Å². The summed E-state index contributed by atoms with van der Waals surface area (Å²) in [5, 5.41) is 2.48. The number of nitrogens with zero attached hydrogens (tertiary/aromatic N) is 3. The van der Waals surface area contributed by atoms with Crippen molar-refractivity contribution in [3.8, 4) is 0 Å². The van der Waals surface area contributed by atoms with Crippen LogP contribution in [0.15, 0.2) is 42.6 Å². The van der Waals surface area contributed by atoms with Crippen LogP contribution in [0.1, 0.15) is 27.8 Å². The number of hydrogen-bond acceptors (Lipinski definition) is 4. The van der Waals surface area contributed by atoms with Crippen LogP contribution in [0.4, 0.5) is 10.1 Å². The summed E-state index contributed by atoms with van der Waals surface area (Å²) in [6.45, 7) is 6.07. The first-order chi connectivity index (χ1) is 12.6. The second kappa shape index (κ2) is 8.05. The molecule has 3 rings (SSSR count). The molecule has 2 aromatic rings. The molecule has 1 aromatic carbocycles. The van der Waals surface area contributed by atoms with Crippen molar-refractivity contribution in [1.29, 1.82) is 0 Å². The van der Waals surface area contributed by atoms with Crippen molar-refractivity contribution in [1.82, 2.24) is 14.8 Å². The number of para-hydroxylation sites is 1. The quantitative estimate of drug-likeness (QED) is 0.913. The predicted octanol–water partition coefficient (Wildman–Crippen LogP) is 2.25. The van der Waals surface area contributed by atoms with Gasteiger partial charge in [-0.05, 0) is 30.8 Å². The molecule has 7 heteroatoms. The number of benzene rings is 1. The topological polar surface area (TPSA) is 65.5 Å². The Hall–Kier alpha value is -2.80. The zero-order valence-electron chi connectivity index (χ0n) is 14.6. The Morgan fingerprint density at radius 2 is 1.88 bits per heavy atom. The van der Waals surface area contributed by atoms with E-state index in [1.165, 1.54) is 24.4 Å². The highest BCUT2D eigenvalue weighted by atomic mass is 19.1. The minimum atomic E-state index is -0.555. The zero-order valence-corrected chi connectivity index (χ0v) is 14.6. The fraction of sp³-hybridized carbons (Fsp3) is 0.316. The first-order valence-corrected chi connectivity index (χ1v) is 8.62. The van der Waals surface area contributed by atoms with E-state index in [0.717, 1.165) is 19.6 Å². The van der Waals surface area contributed by atoms with E-state index in [4.69, 9.17) is 0 Å². The molecule has 0 radical (unpaired) electrons. The third kappa shape index (κ3) is 4.05. The molecule has 1 aliphatic heterocycles. The number of anilines is 1.